The number of benzene rings is 1. The van der Waals surface area contributed by atoms with Gasteiger partial charge in [-0.25, -0.2) is 4.39 Å². The number of aromatic amines is 1. The van der Waals surface area contributed by atoms with Crippen molar-refractivity contribution in [1.82, 2.24) is 4.98 Å². The molecule has 1 aromatic carbocycles. The second-order valence-electron chi connectivity index (χ2n) is 8.66. The number of hydrogen-bond acceptors (Lipinski definition) is 4. The number of fused-ring (bicyclic) bond motifs is 1. The number of hydrogen-bond donors (Lipinski definition) is 1. The summed E-state index contributed by atoms with van der Waals surface area (Å²) >= 11 is 0. The Balaban J connectivity index is 1.76. The van der Waals surface area contributed by atoms with Crippen molar-refractivity contribution in [2.24, 2.45) is 0 Å². The first-order valence-electron chi connectivity index (χ1n) is 11.6. The van der Waals surface area contributed by atoms with Gasteiger partial charge in [-0.15, -0.1) is 0 Å². The van der Waals surface area contributed by atoms with Crippen LogP contribution >= 0.6 is 0 Å². The fourth-order valence-electron chi connectivity index (χ4n) is 4.99. The van der Waals surface area contributed by atoms with Gasteiger partial charge < -0.3 is 14.6 Å². The zero-order valence-corrected chi connectivity index (χ0v) is 19.1. The molecule has 2 aromatic rings. The Hall–Kier alpha value is -2.89. The largest absolute Gasteiger partial charge is 0.486 e. The Morgan fingerprint density at radius 2 is 1.94 bits per heavy atom. The fraction of sp³-hybridized carbons (Fsp3) is 0.462. The summed E-state index contributed by atoms with van der Waals surface area (Å²) in [6.07, 6.45) is 5.72. The molecule has 0 atom stereocenters. The lowest BCUT2D eigenvalue weighted by Gasteiger charge is -2.31. The van der Waals surface area contributed by atoms with Crippen LogP contribution in [0.1, 0.15) is 58.4 Å². The molecule has 1 N–H and O–H groups in total. The normalized spacial score (nSPS) is 17.6. The zero-order chi connectivity index (χ0) is 22.9. The number of halogens is 1. The number of nitrogens with zero attached hydrogens (tertiary/aromatic N) is 1. The second kappa shape index (κ2) is 8.93. The van der Waals surface area contributed by atoms with Crippen LogP contribution in [0.4, 0.5) is 10.1 Å². The molecule has 0 radical (unpaired) electrons. The number of Topliss-reactive ketones (excluding diaryl/α,β-unsaturated/α-hetero) is 1. The minimum atomic E-state index is -0.491. The van der Waals surface area contributed by atoms with Crippen molar-refractivity contribution in [3.8, 4) is 17.0 Å². The fourth-order valence-corrected chi connectivity index (χ4v) is 4.99. The predicted octanol–water partition coefficient (Wildman–Crippen LogP) is 5.14. The number of rotatable bonds is 6. The van der Waals surface area contributed by atoms with Crippen molar-refractivity contribution >= 4 is 11.5 Å². The first-order valence-corrected chi connectivity index (χ1v) is 11.6. The Morgan fingerprint density at radius 3 is 2.56 bits per heavy atom. The molecule has 32 heavy (non-hydrogen) atoms. The van der Waals surface area contributed by atoms with E-state index in [4.69, 9.17) is 4.74 Å². The minimum absolute atomic E-state index is 0.191. The maximum Gasteiger partial charge on any atom is 0.252 e. The molecule has 5 nitrogen and oxygen atoms in total. The predicted molar refractivity (Wildman–Crippen MR) is 125 cm³/mol. The number of ether oxygens (including phenoxy) is 1. The highest BCUT2D eigenvalue weighted by molar-refractivity contribution is 5.97. The summed E-state index contributed by atoms with van der Waals surface area (Å²) in [4.78, 5) is 30.5. The van der Waals surface area contributed by atoms with Gasteiger partial charge in [0.2, 0.25) is 0 Å². The molecule has 1 aliphatic heterocycles. The van der Waals surface area contributed by atoms with Gasteiger partial charge in [-0.3, -0.25) is 9.59 Å². The lowest BCUT2D eigenvalue weighted by atomic mass is 9.74. The Bertz CT molecular complexity index is 1110. The van der Waals surface area contributed by atoms with Crippen LogP contribution in [-0.4, -0.2) is 30.5 Å². The Kier molecular flexibility index (Phi) is 6.22. The average molecular weight is 439 g/mol. The number of allylic oxidation sites excluding steroid dienone is 2. The van der Waals surface area contributed by atoms with E-state index >= 15 is 0 Å². The molecule has 4 rings (SSSR count). The van der Waals surface area contributed by atoms with E-state index in [0.717, 1.165) is 37.8 Å². The molecular weight excluding hydrogens is 407 g/mol. The number of pyridine rings is 1. The molecule has 0 bridgehead atoms. The van der Waals surface area contributed by atoms with Crippen LogP contribution < -0.4 is 15.2 Å². The number of nitrogens with one attached hydrogen (secondary N) is 1. The van der Waals surface area contributed by atoms with Crippen molar-refractivity contribution in [3.05, 3.63) is 57.6 Å². The van der Waals surface area contributed by atoms with Gasteiger partial charge >= 0.3 is 0 Å². The van der Waals surface area contributed by atoms with Crippen molar-refractivity contribution in [3.63, 3.8) is 0 Å². The highest BCUT2D eigenvalue weighted by Gasteiger charge is 2.32. The van der Waals surface area contributed by atoms with E-state index in [1.807, 2.05) is 45.0 Å². The molecule has 6 heteroatoms. The van der Waals surface area contributed by atoms with Gasteiger partial charge in [0.15, 0.2) is 17.3 Å². The molecule has 0 spiro atoms. The smallest absolute Gasteiger partial charge is 0.252 e. The van der Waals surface area contributed by atoms with Gasteiger partial charge in [-0.1, -0.05) is 26.0 Å². The molecule has 0 saturated heterocycles. The van der Waals surface area contributed by atoms with Crippen LogP contribution in [0.5, 0.6) is 5.75 Å². The van der Waals surface area contributed by atoms with Crippen molar-refractivity contribution in [2.45, 2.75) is 58.3 Å². The molecule has 0 amide bonds. The Morgan fingerprint density at radius 1 is 1.16 bits per heavy atom. The van der Waals surface area contributed by atoms with Gasteiger partial charge in [0.05, 0.1) is 12.2 Å². The first kappa shape index (κ1) is 22.3. The van der Waals surface area contributed by atoms with Crippen LogP contribution in [0.3, 0.4) is 0 Å². The monoisotopic (exact) mass is 438 g/mol. The molecule has 0 unspecified atom stereocenters. The molecule has 1 aliphatic carbocycles. The summed E-state index contributed by atoms with van der Waals surface area (Å²) in [6.45, 7) is 8.02. The van der Waals surface area contributed by atoms with Gasteiger partial charge in [-0.05, 0) is 56.4 Å². The molecule has 1 saturated carbocycles. The summed E-state index contributed by atoms with van der Waals surface area (Å²) in [7, 11) is 0. The Labute approximate surface area is 188 Å². The number of H-pyrrole nitrogens is 1. The van der Waals surface area contributed by atoms with Crippen molar-refractivity contribution in [1.29, 1.82) is 0 Å². The van der Waals surface area contributed by atoms with Crippen LogP contribution in [0.2, 0.25) is 0 Å². The highest BCUT2D eigenvalue weighted by Crippen LogP contribution is 2.39. The van der Waals surface area contributed by atoms with Crippen LogP contribution in [-0.2, 0) is 10.2 Å². The number of anilines is 1. The number of aromatic nitrogens is 1. The van der Waals surface area contributed by atoms with Crippen molar-refractivity contribution in [2.75, 3.05) is 24.6 Å². The first-order chi connectivity index (χ1) is 15.4. The standard InChI is InChI=1S/C26H31FN2O3/c1-4-26(5-2,16-17-8-7-9-23(17)30)19-10-11-21(28-25(19)31)18-14-20(27)24-22(15-18)29(6-3)12-13-32-24/h10-11,14-16H,4-9,12-13H2,1-3H3,(H,28,31)/b17-16+. The molecule has 1 aromatic heterocycles. The highest BCUT2D eigenvalue weighted by atomic mass is 19.1. The van der Waals surface area contributed by atoms with Crippen LogP contribution in [0, 0.1) is 5.82 Å². The average Bonchev–Trinajstić information content (AvgIpc) is 3.21. The van der Waals surface area contributed by atoms with E-state index in [-0.39, 0.29) is 17.1 Å². The van der Waals surface area contributed by atoms with E-state index in [1.54, 1.807) is 0 Å². The quantitative estimate of drug-likeness (QED) is 0.635. The van der Waals surface area contributed by atoms with Crippen molar-refractivity contribution < 1.29 is 13.9 Å². The molecule has 1 fully saturated rings. The third-order valence-corrected chi connectivity index (χ3v) is 7.03. The summed E-state index contributed by atoms with van der Waals surface area (Å²) in [6, 6.07) is 6.96. The minimum Gasteiger partial charge on any atom is -0.486 e. The van der Waals surface area contributed by atoms with Gasteiger partial charge in [0, 0.05) is 35.2 Å². The SMILES string of the molecule is CCN1CCOc2c(F)cc(-c3ccc(C(/C=C4\CCCC4=O)(CC)CC)c(=O)[nH]3)cc21. The third kappa shape index (κ3) is 3.87. The lowest BCUT2D eigenvalue weighted by Crippen LogP contribution is -2.33. The lowest BCUT2D eigenvalue weighted by molar-refractivity contribution is -0.114. The third-order valence-electron chi connectivity index (χ3n) is 7.03. The molecule has 2 aliphatic rings. The second-order valence-corrected chi connectivity index (χ2v) is 8.66. The zero-order valence-electron chi connectivity index (χ0n) is 19.1. The van der Waals surface area contributed by atoms with E-state index in [2.05, 4.69) is 9.88 Å². The van der Waals surface area contributed by atoms with Gasteiger partial charge in [0.1, 0.15) is 6.61 Å². The summed E-state index contributed by atoms with van der Waals surface area (Å²) in [5.74, 6) is 0.0303. The van der Waals surface area contributed by atoms with E-state index in [9.17, 15) is 14.0 Å². The number of ketones is 1. The summed E-state index contributed by atoms with van der Waals surface area (Å²) in [5.41, 5.74) is 2.68. The van der Waals surface area contributed by atoms with Crippen LogP contribution in [0.25, 0.3) is 11.3 Å². The summed E-state index contributed by atoms with van der Waals surface area (Å²) < 4.78 is 20.3. The van der Waals surface area contributed by atoms with Crippen LogP contribution in [0.15, 0.2) is 40.7 Å². The number of likely N-dealkylation sites (N-methyl/N-ethyl adjacent to an activating group) is 1. The maximum atomic E-state index is 14.8. The number of carbonyl (C=O) groups is 1. The van der Waals surface area contributed by atoms with Gasteiger partial charge in [0.25, 0.3) is 5.56 Å². The van der Waals surface area contributed by atoms with E-state index in [1.165, 1.54) is 6.07 Å². The maximum absolute atomic E-state index is 14.8. The summed E-state index contributed by atoms with van der Waals surface area (Å²) in [5, 5.41) is 0. The van der Waals surface area contributed by atoms with E-state index in [0.29, 0.717) is 42.1 Å². The molecule has 170 valence electrons. The van der Waals surface area contributed by atoms with E-state index < -0.39 is 11.2 Å². The molecule has 2 heterocycles. The van der Waals surface area contributed by atoms with Gasteiger partial charge in [-0.2, -0.15) is 0 Å². The number of carbonyl (C=O) groups excluding carboxylic acids is 1. The topological polar surface area (TPSA) is 62.4 Å². The molecular formula is C26H31FN2O3.